The molecule has 0 spiro atoms. The Hall–Kier alpha value is -1.39. The zero-order valence-electron chi connectivity index (χ0n) is 11.5. The topological polar surface area (TPSA) is 34.2 Å². The molecule has 0 aliphatic carbocycles. The molecule has 0 unspecified atom stereocenters. The molecule has 0 saturated heterocycles. The number of ether oxygens (including phenoxy) is 1. The first-order chi connectivity index (χ1) is 9.28. The van der Waals surface area contributed by atoms with Crippen LogP contribution in [-0.4, -0.2) is 18.1 Å². The summed E-state index contributed by atoms with van der Waals surface area (Å²) in [5.41, 5.74) is 1.25. The Morgan fingerprint density at radius 2 is 2.05 bits per heavy atom. The Morgan fingerprint density at radius 1 is 1.26 bits per heavy atom. The van der Waals surface area contributed by atoms with Crippen LogP contribution < -0.4 is 10.1 Å². The number of hydrogen-bond donors (Lipinski definition) is 1. The molecule has 1 heterocycles. The Kier molecular flexibility index (Phi) is 5.36. The van der Waals surface area contributed by atoms with Gasteiger partial charge >= 0.3 is 0 Å². The third-order valence-corrected chi connectivity index (χ3v) is 3.81. The van der Waals surface area contributed by atoms with Crippen molar-refractivity contribution in [2.45, 2.75) is 26.8 Å². The highest BCUT2D eigenvalue weighted by atomic mass is 32.1. The molecule has 0 bridgehead atoms. The lowest BCUT2D eigenvalue weighted by atomic mass is 10.2. The Morgan fingerprint density at radius 3 is 2.79 bits per heavy atom. The number of rotatable bonds is 7. The van der Waals surface area contributed by atoms with Crippen molar-refractivity contribution in [1.29, 1.82) is 0 Å². The monoisotopic (exact) mass is 276 g/mol. The maximum atomic E-state index is 5.71. The van der Waals surface area contributed by atoms with E-state index in [0.717, 1.165) is 30.3 Å². The predicted octanol–water partition coefficient (Wildman–Crippen LogP) is 3.18. The van der Waals surface area contributed by atoms with Gasteiger partial charge in [-0.1, -0.05) is 24.6 Å². The van der Waals surface area contributed by atoms with E-state index in [-0.39, 0.29) is 0 Å². The lowest BCUT2D eigenvalue weighted by Crippen LogP contribution is -2.10. The van der Waals surface area contributed by atoms with E-state index in [4.69, 9.17) is 4.74 Å². The Labute approximate surface area is 118 Å². The first-order valence-electron chi connectivity index (χ1n) is 6.61. The van der Waals surface area contributed by atoms with Crippen LogP contribution in [0.2, 0.25) is 0 Å². The van der Waals surface area contributed by atoms with Gasteiger partial charge in [-0.2, -0.15) is 0 Å². The maximum Gasteiger partial charge on any atom is 0.119 e. The number of benzene rings is 1. The summed E-state index contributed by atoms with van der Waals surface area (Å²) in [6, 6.07) is 8.14. The third kappa shape index (κ3) is 4.65. The molecule has 0 saturated carbocycles. The van der Waals surface area contributed by atoms with Gasteiger partial charge in [-0.3, -0.25) is 0 Å². The zero-order chi connectivity index (χ0) is 13.5. The van der Waals surface area contributed by atoms with Gasteiger partial charge in [0.05, 0.1) is 11.6 Å². The number of aromatic nitrogens is 1. The molecule has 1 aromatic carbocycles. The van der Waals surface area contributed by atoms with E-state index in [1.807, 2.05) is 18.3 Å². The summed E-state index contributed by atoms with van der Waals surface area (Å²) in [5.74, 6) is 0.926. The van der Waals surface area contributed by atoms with Crippen molar-refractivity contribution in [3.8, 4) is 5.75 Å². The summed E-state index contributed by atoms with van der Waals surface area (Å²) in [6.45, 7) is 6.76. The molecule has 1 N–H and O–H groups in total. The van der Waals surface area contributed by atoms with Gasteiger partial charge in [-0.15, -0.1) is 11.3 Å². The van der Waals surface area contributed by atoms with Gasteiger partial charge in [0, 0.05) is 24.0 Å². The maximum absolute atomic E-state index is 5.71. The fraction of sp³-hybridized carbons (Fsp3) is 0.400. The summed E-state index contributed by atoms with van der Waals surface area (Å²) in [6.07, 6.45) is 2.82. The van der Waals surface area contributed by atoms with E-state index < -0.39 is 0 Å². The van der Waals surface area contributed by atoms with Crippen LogP contribution in [-0.2, 0) is 13.0 Å². The van der Waals surface area contributed by atoms with Gasteiger partial charge in [0.1, 0.15) is 5.75 Å². The van der Waals surface area contributed by atoms with E-state index in [0.29, 0.717) is 6.61 Å². The van der Waals surface area contributed by atoms with Crippen LogP contribution in [0, 0.1) is 6.92 Å². The highest BCUT2D eigenvalue weighted by Gasteiger charge is 2.02. The summed E-state index contributed by atoms with van der Waals surface area (Å²) >= 11 is 1.76. The van der Waals surface area contributed by atoms with E-state index in [2.05, 4.69) is 36.3 Å². The predicted molar refractivity (Wildman–Crippen MR) is 79.9 cm³/mol. The smallest absolute Gasteiger partial charge is 0.119 e. The number of hydrogen-bond acceptors (Lipinski definition) is 4. The molecule has 1 aromatic heterocycles. The molecule has 3 nitrogen and oxygen atoms in total. The number of nitrogens with one attached hydrogen (secondary N) is 1. The standard InChI is InChI=1S/C15H20N2OS/c1-3-16-10-14-11-17-15(19-14)8-9-18-13-6-4-12(2)5-7-13/h4-7,11,16H,3,8-10H2,1-2H3. The zero-order valence-corrected chi connectivity index (χ0v) is 12.3. The van der Waals surface area contributed by atoms with E-state index in [1.165, 1.54) is 10.4 Å². The van der Waals surface area contributed by atoms with Crippen molar-refractivity contribution in [1.82, 2.24) is 10.3 Å². The number of thiazole rings is 1. The number of nitrogens with zero attached hydrogens (tertiary/aromatic N) is 1. The van der Waals surface area contributed by atoms with Crippen LogP contribution in [0.3, 0.4) is 0 Å². The molecule has 0 atom stereocenters. The second-order valence-corrected chi connectivity index (χ2v) is 5.61. The van der Waals surface area contributed by atoms with Crippen LogP contribution in [0.4, 0.5) is 0 Å². The molecule has 102 valence electrons. The van der Waals surface area contributed by atoms with E-state index in [9.17, 15) is 0 Å². The minimum atomic E-state index is 0.678. The number of aryl methyl sites for hydroxylation is 1. The molecule has 0 amide bonds. The summed E-state index contributed by atoms with van der Waals surface area (Å²) < 4.78 is 5.71. The van der Waals surface area contributed by atoms with Gasteiger partial charge in [0.2, 0.25) is 0 Å². The fourth-order valence-electron chi connectivity index (χ4n) is 1.68. The fourth-order valence-corrected chi connectivity index (χ4v) is 2.56. The molecular weight excluding hydrogens is 256 g/mol. The molecular formula is C15H20N2OS. The van der Waals surface area contributed by atoms with Crippen LogP contribution in [0.25, 0.3) is 0 Å². The molecule has 19 heavy (non-hydrogen) atoms. The molecule has 0 fully saturated rings. The van der Waals surface area contributed by atoms with Crippen molar-refractivity contribution in [2.75, 3.05) is 13.2 Å². The minimum absolute atomic E-state index is 0.678. The molecule has 2 aromatic rings. The molecule has 0 radical (unpaired) electrons. The van der Waals surface area contributed by atoms with Crippen molar-refractivity contribution in [3.05, 3.63) is 45.9 Å². The minimum Gasteiger partial charge on any atom is -0.493 e. The van der Waals surface area contributed by atoms with Gasteiger partial charge in [0.15, 0.2) is 0 Å². The van der Waals surface area contributed by atoms with Gasteiger partial charge < -0.3 is 10.1 Å². The van der Waals surface area contributed by atoms with Crippen LogP contribution in [0.15, 0.2) is 30.5 Å². The average Bonchev–Trinajstić information content (AvgIpc) is 2.87. The van der Waals surface area contributed by atoms with Crippen molar-refractivity contribution < 1.29 is 4.74 Å². The van der Waals surface area contributed by atoms with Gasteiger partial charge in [-0.25, -0.2) is 4.98 Å². The van der Waals surface area contributed by atoms with Crippen molar-refractivity contribution in [2.24, 2.45) is 0 Å². The van der Waals surface area contributed by atoms with Crippen molar-refractivity contribution in [3.63, 3.8) is 0 Å². The average molecular weight is 276 g/mol. The summed E-state index contributed by atoms with van der Waals surface area (Å²) in [4.78, 5) is 5.70. The lowest BCUT2D eigenvalue weighted by molar-refractivity contribution is 0.321. The van der Waals surface area contributed by atoms with Crippen LogP contribution in [0.5, 0.6) is 5.75 Å². The lowest BCUT2D eigenvalue weighted by Gasteiger charge is -2.04. The molecule has 0 aliphatic heterocycles. The van der Waals surface area contributed by atoms with Crippen molar-refractivity contribution >= 4 is 11.3 Å². The summed E-state index contributed by atoms with van der Waals surface area (Å²) in [7, 11) is 0. The Balaban J connectivity index is 1.76. The quantitative estimate of drug-likeness (QED) is 0.843. The highest BCUT2D eigenvalue weighted by Crippen LogP contribution is 2.15. The van der Waals surface area contributed by atoms with E-state index >= 15 is 0 Å². The largest absolute Gasteiger partial charge is 0.493 e. The Bertz CT molecular complexity index is 493. The SMILES string of the molecule is CCNCc1cnc(CCOc2ccc(C)cc2)s1. The van der Waals surface area contributed by atoms with Gasteiger partial charge in [-0.05, 0) is 25.6 Å². The normalized spacial score (nSPS) is 10.6. The second kappa shape index (κ2) is 7.26. The third-order valence-electron chi connectivity index (χ3n) is 2.76. The summed E-state index contributed by atoms with van der Waals surface area (Å²) in [5, 5.41) is 4.44. The van der Waals surface area contributed by atoms with Gasteiger partial charge in [0.25, 0.3) is 0 Å². The molecule has 4 heteroatoms. The van der Waals surface area contributed by atoms with Crippen LogP contribution >= 0.6 is 11.3 Å². The first kappa shape index (κ1) is 14.0. The second-order valence-electron chi connectivity index (χ2n) is 4.41. The first-order valence-corrected chi connectivity index (χ1v) is 7.43. The van der Waals surface area contributed by atoms with E-state index in [1.54, 1.807) is 11.3 Å². The molecule has 2 rings (SSSR count). The molecule has 0 aliphatic rings. The van der Waals surface area contributed by atoms with Crippen LogP contribution in [0.1, 0.15) is 22.4 Å². The highest BCUT2D eigenvalue weighted by molar-refractivity contribution is 7.11.